The number of ether oxygens (including phenoxy) is 2. The predicted molar refractivity (Wildman–Crippen MR) is 86.4 cm³/mol. The number of Topliss-reactive ketones (excluding diaryl/α,β-unsaturated/α-hetero) is 1. The number of hydrogen-bond donors (Lipinski definition) is 0. The molecule has 0 amide bonds. The number of rotatable bonds is 4. The van der Waals surface area contributed by atoms with Gasteiger partial charge in [0.05, 0.1) is 12.5 Å². The number of carbonyl (C=O) groups excluding carboxylic acids is 2. The molecule has 124 valence electrons. The summed E-state index contributed by atoms with van der Waals surface area (Å²) in [7, 11) is 3.07. The Kier molecular flexibility index (Phi) is 7.01. The molecule has 0 heterocycles. The first-order valence-corrected chi connectivity index (χ1v) is 7.97. The molecule has 0 N–H and O–H groups in total. The van der Waals surface area contributed by atoms with E-state index in [0.29, 0.717) is 13.0 Å². The van der Waals surface area contributed by atoms with Gasteiger partial charge in [0.2, 0.25) is 5.78 Å². The predicted octanol–water partition coefficient (Wildman–Crippen LogP) is 3.32. The molecule has 22 heavy (non-hydrogen) atoms. The first kappa shape index (κ1) is 18.6. The van der Waals surface area contributed by atoms with Crippen LogP contribution >= 0.6 is 0 Å². The molecule has 2 aliphatic rings. The molecule has 0 aliphatic heterocycles. The van der Waals surface area contributed by atoms with Crippen LogP contribution in [0.15, 0.2) is 24.0 Å². The molecule has 0 saturated heterocycles. The van der Waals surface area contributed by atoms with Gasteiger partial charge in [0.25, 0.3) is 0 Å². The third kappa shape index (κ3) is 3.49. The van der Waals surface area contributed by atoms with Crippen molar-refractivity contribution in [1.82, 2.24) is 0 Å². The summed E-state index contributed by atoms with van der Waals surface area (Å²) in [6.45, 7) is 6.71. The number of fused-ring (bicyclic) bond motifs is 1. The van der Waals surface area contributed by atoms with Crippen molar-refractivity contribution in [2.24, 2.45) is 17.3 Å². The summed E-state index contributed by atoms with van der Waals surface area (Å²) in [5.74, 6) is -0.149. The van der Waals surface area contributed by atoms with Crippen LogP contribution in [0, 0.1) is 17.3 Å². The van der Waals surface area contributed by atoms with Crippen LogP contribution in [0.1, 0.15) is 40.0 Å². The molecule has 3 atom stereocenters. The second-order valence-electron chi connectivity index (χ2n) is 6.04. The zero-order valence-electron chi connectivity index (χ0n) is 14.3. The maximum atomic E-state index is 12.6. The van der Waals surface area contributed by atoms with E-state index >= 15 is 0 Å². The van der Waals surface area contributed by atoms with Crippen molar-refractivity contribution in [3.8, 4) is 0 Å². The van der Waals surface area contributed by atoms with Crippen LogP contribution in [0.25, 0.3) is 0 Å². The smallest absolute Gasteiger partial charge is 0.204 e. The molecule has 0 aromatic carbocycles. The SMILES string of the molecule is CCC.COCC[C@@H]1C=CCC2C(=O)C=C(OC)C(=O)C21C. The minimum absolute atomic E-state index is 0.00860. The van der Waals surface area contributed by atoms with Crippen LogP contribution in [-0.4, -0.2) is 32.4 Å². The van der Waals surface area contributed by atoms with E-state index in [1.807, 2.05) is 19.1 Å². The van der Waals surface area contributed by atoms with Gasteiger partial charge in [-0.3, -0.25) is 9.59 Å². The van der Waals surface area contributed by atoms with Crippen molar-refractivity contribution in [3.63, 3.8) is 0 Å². The van der Waals surface area contributed by atoms with Gasteiger partial charge in [0.15, 0.2) is 11.5 Å². The molecule has 0 fully saturated rings. The topological polar surface area (TPSA) is 52.6 Å². The van der Waals surface area contributed by atoms with Gasteiger partial charge in [-0.05, 0) is 18.8 Å². The minimum Gasteiger partial charge on any atom is -0.493 e. The Morgan fingerprint density at radius 1 is 1.27 bits per heavy atom. The van der Waals surface area contributed by atoms with Crippen molar-refractivity contribution in [3.05, 3.63) is 24.0 Å². The van der Waals surface area contributed by atoms with Crippen LogP contribution in [0.3, 0.4) is 0 Å². The highest BCUT2D eigenvalue weighted by Gasteiger charge is 2.53. The van der Waals surface area contributed by atoms with E-state index in [1.165, 1.54) is 19.6 Å². The zero-order valence-corrected chi connectivity index (χ0v) is 14.3. The Balaban J connectivity index is 0.000000745. The van der Waals surface area contributed by atoms with Crippen LogP contribution in [0.2, 0.25) is 0 Å². The fraction of sp³-hybridized carbons (Fsp3) is 0.667. The van der Waals surface area contributed by atoms with Gasteiger partial charge >= 0.3 is 0 Å². The molecule has 0 radical (unpaired) electrons. The first-order valence-electron chi connectivity index (χ1n) is 7.97. The summed E-state index contributed by atoms with van der Waals surface area (Å²) in [6, 6.07) is 0. The summed E-state index contributed by atoms with van der Waals surface area (Å²) >= 11 is 0. The second kappa shape index (κ2) is 8.28. The molecule has 0 bridgehead atoms. The maximum absolute atomic E-state index is 12.6. The highest BCUT2D eigenvalue weighted by molar-refractivity contribution is 6.11. The standard InChI is InChI=1S/C15H20O4.C3H8/c1-15-10(7-8-18-2)5-4-6-11(15)12(16)9-13(19-3)14(15)17;1-3-2/h4-5,9-11H,6-8H2,1-3H3;3H2,1-2H3/t10-,11?,15?;/m0./s1. The van der Waals surface area contributed by atoms with Crippen molar-refractivity contribution in [2.45, 2.75) is 40.0 Å². The number of carbonyl (C=O) groups is 2. The Labute approximate surface area is 133 Å². The molecule has 0 saturated carbocycles. The monoisotopic (exact) mass is 308 g/mol. The average Bonchev–Trinajstić information content (AvgIpc) is 2.50. The quantitative estimate of drug-likeness (QED) is 0.748. The van der Waals surface area contributed by atoms with Gasteiger partial charge in [-0.1, -0.05) is 39.3 Å². The van der Waals surface area contributed by atoms with Crippen LogP contribution < -0.4 is 0 Å². The Morgan fingerprint density at radius 2 is 1.91 bits per heavy atom. The third-order valence-corrected chi connectivity index (χ3v) is 4.42. The zero-order chi connectivity index (χ0) is 16.8. The number of methoxy groups -OCH3 is 2. The van der Waals surface area contributed by atoms with E-state index in [0.717, 1.165) is 6.42 Å². The molecule has 2 aliphatic carbocycles. The van der Waals surface area contributed by atoms with Gasteiger partial charge in [-0.15, -0.1) is 0 Å². The number of hydrogen-bond acceptors (Lipinski definition) is 4. The van der Waals surface area contributed by atoms with Crippen LogP contribution in [0.4, 0.5) is 0 Å². The minimum atomic E-state index is -0.704. The van der Waals surface area contributed by atoms with Crippen LogP contribution in [0.5, 0.6) is 0 Å². The second-order valence-corrected chi connectivity index (χ2v) is 6.04. The maximum Gasteiger partial charge on any atom is 0.204 e. The molecule has 4 heteroatoms. The van der Waals surface area contributed by atoms with Crippen molar-refractivity contribution in [1.29, 1.82) is 0 Å². The molecule has 0 aromatic rings. The van der Waals surface area contributed by atoms with Crippen molar-refractivity contribution in [2.75, 3.05) is 20.8 Å². The average molecular weight is 308 g/mol. The summed E-state index contributed by atoms with van der Waals surface area (Å²) in [5, 5.41) is 0. The molecule has 0 aromatic heterocycles. The Morgan fingerprint density at radius 3 is 2.45 bits per heavy atom. The van der Waals surface area contributed by atoms with Gasteiger partial charge < -0.3 is 9.47 Å². The highest BCUT2D eigenvalue weighted by Crippen LogP contribution is 2.48. The molecule has 2 rings (SSSR count). The summed E-state index contributed by atoms with van der Waals surface area (Å²) in [5.41, 5.74) is -0.704. The highest BCUT2D eigenvalue weighted by atomic mass is 16.5. The fourth-order valence-corrected chi connectivity index (χ4v) is 3.17. The van der Waals surface area contributed by atoms with Crippen molar-refractivity contribution >= 4 is 11.6 Å². The summed E-state index contributed by atoms with van der Waals surface area (Å²) in [4.78, 5) is 24.8. The van der Waals surface area contributed by atoms with E-state index in [-0.39, 0.29) is 29.2 Å². The van der Waals surface area contributed by atoms with Crippen molar-refractivity contribution < 1.29 is 19.1 Å². The molecule has 2 unspecified atom stereocenters. The van der Waals surface area contributed by atoms with Crippen LogP contribution in [-0.2, 0) is 19.1 Å². The van der Waals surface area contributed by atoms with E-state index in [1.54, 1.807) is 7.11 Å². The lowest BCUT2D eigenvalue weighted by atomic mass is 9.57. The normalized spacial score (nSPS) is 30.1. The lowest BCUT2D eigenvalue weighted by molar-refractivity contribution is -0.142. The molecule has 4 nitrogen and oxygen atoms in total. The third-order valence-electron chi connectivity index (χ3n) is 4.42. The van der Waals surface area contributed by atoms with Gasteiger partial charge in [-0.25, -0.2) is 0 Å². The number of ketones is 2. The Bertz CT molecular complexity index is 464. The number of allylic oxidation sites excluding steroid dienone is 4. The molecular formula is C18H28O4. The van der Waals surface area contributed by atoms with E-state index < -0.39 is 5.41 Å². The molecular weight excluding hydrogens is 280 g/mol. The first-order chi connectivity index (χ1) is 10.5. The largest absolute Gasteiger partial charge is 0.493 e. The summed E-state index contributed by atoms with van der Waals surface area (Å²) < 4.78 is 10.2. The van der Waals surface area contributed by atoms with E-state index in [4.69, 9.17) is 9.47 Å². The van der Waals surface area contributed by atoms with E-state index in [2.05, 4.69) is 13.8 Å². The van der Waals surface area contributed by atoms with Gasteiger partial charge in [-0.2, -0.15) is 0 Å². The van der Waals surface area contributed by atoms with Gasteiger partial charge in [0, 0.05) is 25.7 Å². The fourth-order valence-electron chi connectivity index (χ4n) is 3.17. The lowest BCUT2D eigenvalue weighted by Gasteiger charge is -2.44. The van der Waals surface area contributed by atoms with E-state index in [9.17, 15) is 9.59 Å². The molecule has 0 spiro atoms. The Hall–Kier alpha value is -1.42. The summed E-state index contributed by atoms with van der Waals surface area (Å²) in [6.07, 6.45) is 8.00. The lowest BCUT2D eigenvalue weighted by Crippen LogP contribution is -2.50. The van der Waals surface area contributed by atoms with Gasteiger partial charge in [0.1, 0.15) is 0 Å².